The summed E-state index contributed by atoms with van der Waals surface area (Å²) in [5.41, 5.74) is 2.67. The Kier molecular flexibility index (Phi) is 8.06. The van der Waals surface area contributed by atoms with Crippen molar-refractivity contribution in [3.8, 4) is 5.75 Å². The summed E-state index contributed by atoms with van der Waals surface area (Å²) in [4.78, 5) is 21.3. The number of hydrogen-bond donors (Lipinski definition) is 2. The number of hydrogen-bond acceptors (Lipinski definition) is 7. The van der Waals surface area contributed by atoms with Crippen LogP contribution in [0.1, 0.15) is 18.4 Å². The molecule has 1 aromatic heterocycles. The largest absolute Gasteiger partial charge is 0.506 e. The molecule has 162 valence electrons. The number of ether oxygens (including phenoxy) is 1. The van der Waals surface area contributed by atoms with E-state index in [1.807, 2.05) is 30.3 Å². The number of aromatic hydroxyl groups is 1. The van der Waals surface area contributed by atoms with Crippen LogP contribution >= 0.6 is 68.3 Å². The number of phenolic OH excluding ortho intramolecular Hbond substituents is 1. The first-order valence-corrected chi connectivity index (χ1v) is 13.6. The average molecular weight is 679 g/mol. The summed E-state index contributed by atoms with van der Waals surface area (Å²) in [6.45, 7) is 1.38. The number of carbonyl (C=O) groups excluding carboxylic acids is 1. The van der Waals surface area contributed by atoms with Crippen LogP contribution in [0.4, 0.5) is 5.69 Å². The van der Waals surface area contributed by atoms with Crippen LogP contribution in [0, 0.1) is 7.14 Å². The fourth-order valence-corrected chi connectivity index (χ4v) is 6.80. The van der Waals surface area contributed by atoms with Crippen LogP contribution in [0.15, 0.2) is 39.7 Å². The van der Waals surface area contributed by atoms with E-state index in [0.29, 0.717) is 18.0 Å². The number of thiazole rings is 1. The molecule has 2 aromatic carbocycles. The van der Waals surface area contributed by atoms with E-state index in [1.54, 1.807) is 17.6 Å². The molecule has 10 heteroatoms. The molecule has 6 nitrogen and oxygen atoms in total. The quantitative estimate of drug-likeness (QED) is 0.200. The van der Waals surface area contributed by atoms with Crippen LogP contribution in [0.2, 0.25) is 0 Å². The summed E-state index contributed by atoms with van der Waals surface area (Å²) in [5.74, 6) is 0.647. The number of nitrogens with zero attached hydrogens (tertiary/aromatic N) is 2. The maximum Gasteiger partial charge on any atom is 0.230 e. The molecule has 0 aliphatic carbocycles. The van der Waals surface area contributed by atoms with Crippen molar-refractivity contribution in [3.63, 3.8) is 0 Å². The molecular weight excluding hydrogens is 660 g/mol. The number of nitrogens with one attached hydrogen (secondary N) is 1. The lowest BCUT2D eigenvalue weighted by Gasteiger charge is -2.09. The molecule has 0 radical (unpaired) electrons. The zero-order valence-electron chi connectivity index (χ0n) is 16.3. The summed E-state index contributed by atoms with van der Waals surface area (Å²) in [5, 5.41) is 12.8. The Balaban J connectivity index is 1.37. The Morgan fingerprint density at radius 1 is 1.35 bits per heavy atom. The molecule has 1 amide bonds. The van der Waals surface area contributed by atoms with Gasteiger partial charge < -0.3 is 15.2 Å². The van der Waals surface area contributed by atoms with Crippen molar-refractivity contribution in [2.75, 3.05) is 18.9 Å². The van der Waals surface area contributed by atoms with Crippen LogP contribution < -0.4 is 5.32 Å². The van der Waals surface area contributed by atoms with E-state index >= 15 is 0 Å². The number of halogens is 2. The van der Waals surface area contributed by atoms with Gasteiger partial charge in [-0.3, -0.25) is 9.79 Å². The lowest BCUT2D eigenvalue weighted by Crippen LogP contribution is -2.32. The number of phenols is 1. The Bertz CT molecular complexity index is 1110. The van der Waals surface area contributed by atoms with E-state index in [1.165, 1.54) is 11.8 Å². The summed E-state index contributed by atoms with van der Waals surface area (Å²) in [6, 6.07) is 9.67. The highest BCUT2D eigenvalue weighted by Gasteiger charge is 2.16. The molecule has 0 unspecified atom stereocenters. The van der Waals surface area contributed by atoms with Gasteiger partial charge in [0.2, 0.25) is 5.91 Å². The first-order valence-electron chi connectivity index (χ1n) is 9.62. The third-order valence-corrected chi connectivity index (χ3v) is 8.44. The first kappa shape index (κ1) is 23.2. The van der Waals surface area contributed by atoms with Crippen molar-refractivity contribution in [3.05, 3.63) is 43.0 Å². The lowest BCUT2D eigenvalue weighted by atomic mass is 10.2. The summed E-state index contributed by atoms with van der Waals surface area (Å²) < 4.78 is 9.02. The maximum absolute atomic E-state index is 12.1. The van der Waals surface area contributed by atoms with Crippen molar-refractivity contribution in [1.29, 1.82) is 0 Å². The van der Waals surface area contributed by atoms with Gasteiger partial charge >= 0.3 is 0 Å². The summed E-state index contributed by atoms with van der Waals surface area (Å²) >= 11 is 7.23. The maximum atomic E-state index is 12.1. The normalized spacial score (nSPS) is 16.4. The van der Waals surface area contributed by atoms with Crippen molar-refractivity contribution < 1.29 is 14.6 Å². The molecule has 2 N–H and O–H groups in total. The summed E-state index contributed by atoms with van der Waals surface area (Å²) in [7, 11) is 0. The van der Waals surface area contributed by atoms with Crippen molar-refractivity contribution >= 4 is 96.3 Å². The van der Waals surface area contributed by atoms with Crippen LogP contribution in [0.5, 0.6) is 5.75 Å². The van der Waals surface area contributed by atoms with Crippen molar-refractivity contribution in [1.82, 2.24) is 10.3 Å². The van der Waals surface area contributed by atoms with Crippen LogP contribution in [0.25, 0.3) is 10.2 Å². The molecule has 2 heterocycles. The van der Waals surface area contributed by atoms with Crippen LogP contribution in [-0.2, 0) is 9.53 Å². The van der Waals surface area contributed by atoms with Gasteiger partial charge in [-0.25, -0.2) is 4.98 Å². The number of carbonyl (C=O) groups is 1. The van der Waals surface area contributed by atoms with Gasteiger partial charge in [0.15, 0.2) is 4.34 Å². The van der Waals surface area contributed by atoms with Crippen molar-refractivity contribution in [2.24, 2.45) is 4.99 Å². The fourth-order valence-electron chi connectivity index (χ4n) is 3.05. The number of aromatic nitrogens is 1. The van der Waals surface area contributed by atoms with E-state index in [0.717, 1.165) is 52.4 Å². The second-order valence-electron chi connectivity index (χ2n) is 6.95. The Hall–Kier alpha value is -0.960. The molecule has 3 aromatic rings. The minimum Gasteiger partial charge on any atom is -0.506 e. The van der Waals surface area contributed by atoms with Crippen LogP contribution in [0.3, 0.4) is 0 Å². The lowest BCUT2D eigenvalue weighted by molar-refractivity contribution is -0.119. The first-order chi connectivity index (χ1) is 15.0. The molecule has 0 saturated carbocycles. The Morgan fingerprint density at radius 2 is 2.16 bits per heavy atom. The van der Waals surface area contributed by atoms with Gasteiger partial charge in [0, 0.05) is 19.4 Å². The second-order valence-corrected chi connectivity index (χ2v) is 11.5. The smallest absolute Gasteiger partial charge is 0.230 e. The molecule has 1 atom stereocenters. The second kappa shape index (κ2) is 10.8. The SMILES string of the molecule is O=C(CSc1nc2ccc(N=Cc3cc(I)c(O)c(I)c3)cc2s1)NC[C@H]1CCCO1. The monoisotopic (exact) mass is 679 g/mol. The average Bonchev–Trinajstić information content (AvgIpc) is 3.42. The zero-order valence-corrected chi connectivity index (χ0v) is 22.3. The minimum absolute atomic E-state index is 0.00297. The predicted molar refractivity (Wildman–Crippen MR) is 143 cm³/mol. The highest BCUT2D eigenvalue weighted by atomic mass is 127. The fraction of sp³-hybridized carbons (Fsp3) is 0.286. The topological polar surface area (TPSA) is 83.8 Å². The van der Waals surface area contributed by atoms with E-state index in [-0.39, 0.29) is 12.0 Å². The van der Waals surface area contributed by atoms with Gasteiger partial charge in [-0.05, 0) is 93.9 Å². The Labute approximate surface area is 215 Å². The molecular formula is C21H19I2N3O3S2. The van der Waals surface area contributed by atoms with Gasteiger partial charge in [0.25, 0.3) is 0 Å². The van der Waals surface area contributed by atoms with E-state index < -0.39 is 0 Å². The number of benzene rings is 2. The van der Waals surface area contributed by atoms with E-state index in [4.69, 9.17) is 4.74 Å². The molecule has 1 saturated heterocycles. The third kappa shape index (κ3) is 6.30. The molecule has 0 spiro atoms. The molecule has 1 aliphatic heterocycles. The van der Waals surface area contributed by atoms with Gasteiger partial charge in [-0.15, -0.1) is 11.3 Å². The summed E-state index contributed by atoms with van der Waals surface area (Å²) in [6.07, 6.45) is 4.03. The Morgan fingerprint density at radius 3 is 2.90 bits per heavy atom. The van der Waals surface area contributed by atoms with Gasteiger partial charge in [0.1, 0.15) is 5.75 Å². The van der Waals surface area contributed by atoms with E-state index in [2.05, 4.69) is 60.5 Å². The van der Waals surface area contributed by atoms with Crippen LogP contribution in [-0.4, -0.2) is 47.2 Å². The number of aliphatic imine (C=N–C) groups is 1. The number of fused-ring (bicyclic) bond motifs is 1. The van der Waals surface area contributed by atoms with Gasteiger partial charge in [-0.1, -0.05) is 11.8 Å². The molecule has 1 fully saturated rings. The molecule has 31 heavy (non-hydrogen) atoms. The van der Waals surface area contributed by atoms with Crippen molar-refractivity contribution in [2.45, 2.75) is 23.3 Å². The highest BCUT2D eigenvalue weighted by molar-refractivity contribution is 14.1. The molecule has 1 aliphatic rings. The number of amides is 1. The van der Waals surface area contributed by atoms with E-state index in [9.17, 15) is 9.90 Å². The standard InChI is InChI=1S/C21H19I2N3O3S2/c22-15-6-12(7-16(23)20(15)28)9-24-13-3-4-17-18(8-13)31-21(26-17)30-11-19(27)25-10-14-2-1-5-29-14/h3-4,6-9,14,28H,1-2,5,10-11H2,(H,25,27)/t14-/m1/s1. The van der Waals surface area contributed by atoms with Gasteiger partial charge in [-0.2, -0.15) is 0 Å². The number of thioether (sulfide) groups is 1. The molecule has 4 rings (SSSR count). The predicted octanol–water partition coefficient (Wildman–Crippen LogP) is 5.35. The minimum atomic E-state index is 0.00297. The zero-order chi connectivity index (χ0) is 21.8. The molecule has 0 bridgehead atoms. The highest BCUT2D eigenvalue weighted by Crippen LogP contribution is 2.32. The third-order valence-electron chi connectivity index (χ3n) is 4.63. The number of rotatable bonds is 7. The van der Waals surface area contributed by atoms with Gasteiger partial charge in [0.05, 0.1) is 34.9 Å².